The molecule has 0 fully saturated rings. The molecule has 0 spiro atoms. The van der Waals surface area contributed by atoms with Crippen molar-refractivity contribution >= 4 is 5.91 Å². The fourth-order valence-electron chi connectivity index (χ4n) is 1.41. The van der Waals surface area contributed by atoms with Crippen molar-refractivity contribution in [3.05, 3.63) is 35.4 Å². The molecule has 0 aromatic heterocycles. The molecule has 3 nitrogen and oxygen atoms in total. The number of rotatable bonds is 5. The molecule has 17 heavy (non-hydrogen) atoms. The number of nitrogens with one attached hydrogen (secondary N) is 1. The van der Waals surface area contributed by atoms with E-state index in [1.54, 1.807) is 0 Å². The van der Waals surface area contributed by atoms with E-state index in [9.17, 15) is 18.7 Å². The third-order valence-electron chi connectivity index (χ3n) is 2.30. The van der Waals surface area contributed by atoms with Gasteiger partial charge in [0.1, 0.15) is 11.6 Å². The summed E-state index contributed by atoms with van der Waals surface area (Å²) in [5.41, 5.74) is -0.227. The van der Waals surface area contributed by atoms with Crippen LogP contribution in [0.4, 0.5) is 8.78 Å². The Morgan fingerprint density at radius 3 is 2.76 bits per heavy atom. The molecule has 0 heterocycles. The zero-order chi connectivity index (χ0) is 12.8. The summed E-state index contributed by atoms with van der Waals surface area (Å²) in [5, 5.41) is 11.8. The molecule has 1 atom stereocenters. The number of aliphatic hydroxyl groups excluding tert-OH is 1. The first-order chi connectivity index (χ1) is 8.04. The van der Waals surface area contributed by atoms with Gasteiger partial charge in [0.25, 0.3) is 5.91 Å². The molecule has 1 unspecified atom stereocenters. The zero-order valence-electron chi connectivity index (χ0n) is 9.54. The number of halogens is 2. The second-order valence-corrected chi connectivity index (χ2v) is 3.78. The molecule has 0 aliphatic carbocycles. The van der Waals surface area contributed by atoms with E-state index in [-0.39, 0.29) is 12.1 Å². The maximum absolute atomic E-state index is 13.2. The molecule has 0 saturated carbocycles. The molecule has 1 aromatic rings. The monoisotopic (exact) mass is 243 g/mol. The Labute approximate surface area is 98.5 Å². The highest BCUT2D eigenvalue weighted by atomic mass is 19.1. The summed E-state index contributed by atoms with van der Waals surface area (Å²) in [4.78, 5) is 11.5. The lowest BCUT2D eigenvalue weighted by molar-refractivity contribution is 0.0906. The van der Waals surface area contributed by atoms with Crippen LogP contribution in [0.1, 0.15) is 30.1 Å². The van der Waals surface area contributed by atoms with E-state index < -0.39 is 23.6 Å². The van der Waals surface area contributed by atoms with Gasteiger partial charge in [0.15, 0.2) is 0 Å². The van der Waals surface area contributed by atoms with Crippen LogP contribution in [0, 0.1) is 11.6 Å². The van der Waals surface area contributed by atoms with Crippen LogP contribution in [0.2, 0.25) is 0 Å². The molecule has 1 amide bonds. The highest BCUT2D eigenvalue weighted by Gasteiger charge is 2.13. The van der Waals surface area contributed by atoms with Crippen molar-refractivity contribution in [3.8, 4) is 0 Å². The molecule has 2 N–H and O–H groups in total. The van der Waals surface area contributed by atoms with Crippen LogP contribution in [-0.2, 0) is 0 Å². The third kappa shape index (κ3) is 4.11. The molecule has 1 rings (SSSR count). The molecule has 0 bridgehead atoms. The Balaban J connectivity index is 2.58. The summed E-state index contributed by atoms with van der Waals surface area (Å²) in [6.45, 7) is 1.97. The van der Waals surface area contributed by atoms with Crippen molar-refractivity contribution in [2.75, 3.05) is 6.54 Å². The molecular weight excluding hydrogens is 228 g/mol. The summed E-state index contributed by atoms with van der Waals surface area (Å²) in [7, 11) is 0. The van der Waals surface area contributed by atoms with Gasteiger partial charge in [-0.15, -0.1) is 0 Å². The van der Waals surface area contributed by atoms with Crippen molar-refractivity contribution in [3.63, 3.8) is 0 Å². The average molecular weight is 243 g/mol. The van der Waals surface area contributed by atoms with Crippen LogP contribution in [0.3, 0.4) is 0 Å². The number of aliphatic hydroxyl groups is 1. The van der Waals surface area contributed by atoms with E-state index in [2.05, 4.69) is 5.32 Å². The van der Waals surface area contributed by atoms with Gasteiger partial charge in [0, 0.05) is 12.6 Å². The second kappa shape index (κ2) is 6.30. The maximum atomic E-state index is 13.2. The molecule has 0 radical (unpaired) electrons. The van der Waals surface area contributed by atoms with E-state index in [1.165, 1.54) is 0 Å². The number of hydrogen-bond donors (Lipinski definition) is 2. The number of carbonyl (C=O) groups is 1. The Hall–Kier alpha value is -1.49. The highest BCUT2D eigenvalue weighted by Crippen LogP contribution is 2.09. The second-order valence-electron chi connectivity index (χ2n) is 3.78. The molecule has 0 aliphatic rings. The predicted octanol–water partition coefficient (Wildman–Crippen LogP) is 1.86. The average Bonchev–Trinajstić information content (AvgIpc) is 2.26. The van der Waals surface area contributed by atoms with E-state index in [1.807, 2.05) is 6.92 Å². The minimum absolute atomic E-state index is 0.0590. The first kappa shape index (κ1) is 13.6. The minimum atomic E-state index is -0.910. The number of amides is 1. The van der Waals surface area contributed by atoms with Crippen LogP contribution < -0.4 is 5.32 Å². The summed E-state index contributed by atoms with van der Waals surface area (Å²) >= 11 is 0. The lowest BCUT2D eigenvalue weighted by Crippen LogP contribution is -2.32. The molecule has 5 heteroatoms. The number of hydrogen-bond acceptors (Lipinski definition) is 2. The lowest BCUT2D eigenvalue weighted by Gasteiger charge is -2.11. The quantitative estimate of drug-likeness (QED) is 0.829. The molecule has 0 aliphatic heterocycles. The summed E-state index contributed by atoms with van der Waals surface area (Å²) in [5.74, 6) is -2.30. The van der Waals surface area contributed by atoms with Gasteiger partial charge in [0.05, 0.1) is 11.7 Å². The molecule has 94 valence electrons. The van der Waals surface area contributed by atoms with Gasteiger partial charge in [-0.1, -0.05) is 13.3 Å². The van der Waals surface area contributed by atoms with Gasteiger partial charge in [0.2, 0.25) is 0 Å². The SMILES string of the molecule is CCCC(O)CNC(=O)c1ccc(F)cc1F. The summed E-state index contributed by atoms with van der Waals surface area (Å²) in [6.07, 6.45) is 0.709. The summed E-state index contributed by atoms with van der Waals surface area (Å²) in [6, 6.07) is 2.74. The first-order valence-electron chi connectivity index (χ1n) is 5.46. The number of benzene rings is 1. The van der Waals surface area contributed by atoms with Crippen molar-refractivity contribution < 1.29 is 18.7 Å². The zero-order valence-corrected chi connectivity index (χ0v) is 9.54. The topological polar surface area (TPSA) is 49.3 Å². The van der Waals surface area contributed by atoms with Gasteiger partial charge < -0.3 is 10.4 Å². The Morgan fingerprint density at radius 2 is 2.18 bits per heavy atom. The van der Waals surface area contributed by atoms with Crippen molar-refractivity contribution in [1.29, 1.82) is 0 Å². The largest absolute Gasteiger partial charge is 0.391 e. The van der Waals surface area contributed by atoms with Crippen LogP contribution in [0.15, 0.2) is 18.2 Å². The normalized spacial score (nSPS) is 12.2. The summed E-state index contributed by atoms with van der Waals surface area (Å²) < 4.78 is 25.8. The van der Waals surface area contributed by atoms with Gasteiger partial charge in [-0.3, -0.25) is 4.79 Å². The Morgan fingerprint density at radius 1 is 1.47 bits per heavy atom. The van der Waals surface area contributed by atoms with Crippen molar-refractivity contribution in [1.82, 2.24) is 5.32 Å². The van der Waals surface area contributed by atoms with Gasteiger partial charge >= 0.3 is 0 Å². The molecule has 1 aromatic carbocycles. The van der Waals surface area contributed by atoms with E-state index in [0.717, 1.165) is 18.6 Å². The van der Waals surface area contributed by atoms with Gasteiger partial charge in [-0.05, 0) is 18.6 Å². The molecule has 0 saturated heterocycles. The standard InChI is InChI=1S/C12H15F2NO2/c1-2-3-9(16)7-15-12(17)10-5-4-8(13)6-11(10)14/h4-6,9,16H,2-3,7H2,1H3,(H,15,17). The minimum Gasteiger partial charge on any atom is -0.391 e. The number of carbonyl (C=O) groups excluding carboxylic acids is 1. The van der Waals surface area contributed by atoms with Gasteiger partial charge in [-0.25, -0.2) is 8.78 Å². The van der Waals surface area contributed by atoms with Gasteiger partial charge in [-0.2, -0.15) is 0 Å². The fraction of sp³-hybridized carbons (Fsp3) is 0.417. The van der Waals surface area contributed by atoms with Crippen molar-refractivity contribution in [2.45, 2.75) is 25.9 Å². The van der Waals surface area contributed by atoms with Crippen LogP contribution >= 0.6 is 0 Å². The first-order valence-corrected chi connectivity index (χ1v) is 5.46. The Kier molecular flexibility index (Phi) is 5.03. The highest BCUT2D eigenvalue weighted by molar-refractivity contribution is 5.94. The van der Waals surface area contributed by atoms with Crippen molar-refractivity contribution in [2.24, 2.45) is 0 Å². The van der Waals surface area contributed by atoms with E-state index in [0.29, 0.717) is 12.5 Å². The lowest BCUT2D eigenvalue weighted by atomic mass is 10.1. The fourth-order valence-corrected chi connectivity index (χ4v) is 1.41. The Bertz CT molecular complexity index is 396. The van der Waals surface area contributed by atoms with E-state index in [4.69, 9.17) is 0 Å². The van der Waals surface area contributed by atoms with Crippen LogP contribution in [0.25, 0.3) is 0 Å². The predicted molar refractivity (Wildman–Crippen MR) is 59.6 cm³/mol. The van der Waals surface area contributed by atoms with Crippen LogP contribution in [-0.4, -0.2) is 23.7 Å². The third-order valence-corrected chi connectivity index (χ3v) is 2.30. The molecular formula is C12H15F2NO2. The maximum Gasteiger partial charge on any atom is 0.254 e. The smallest absolute Gasteiger partial charge is 0.254 e. The van der Waals surface area contributed by atoms with E-state index >= 15 is 0 Å². The van der Waals surface area contributed by atoms with Crippen LogP contribution in [0.5, 0.6) is 0 Å².